The Morgan fingerprint density at radius 3 is 2.81 bits per heavy atom. The van der Waals surface area contributed by atoms with Crippen molar-refractivity contribution in [1.29, 1.82) is 0 Å². The predicted molar refractivity (Wildman–Crippen MR) is 104 cm³/mol. The van der Waals surface area contributed by atoms with Crippen molar-refractivity contribution < 1.29 is 9.59 Å². The molecule has 1 aromatic carbocycles. The van der Waals surface area contributed by atoms with Crippen molar-refractivity contribution in [2.24, 2.45) is 5.92 Å². The molecule has 0 saturated heterocycles. The summed E-state index contributed by atoms with van der Waals surface area (Å²) in [7, 11) is 1.57. The molecule has 1 aromatic heterocycles. The summed E-state index contributed by atoms with van der Waals surface area (Å²) in [6.45, 7) is 3.05. The number of fused-ring (bicyclic) bond motifs is 1. The lowest BCUT2D eigenvalue weighted by Crippen LogP contribution is -2.28. The summed E-state index contributed by atoms with van der Waals surface area (Å²) in [5, 5.41) is 9.00. The molecule has 2 amide bonds. The van der Waals surface area contributed by atoms with Crippen molar-refractivity contribution >= 4 is 17.5 Å². The smallest absolute Gasteiger partial charge is 0.269 e. The van der Waals surface area contributed by atoms with Gasteiger partial charge in [-0.2, -0.15) is 0 Å². The summed E-state index contributed by atoms with van der Waals surface area (Å²) in [5.41, 5.74) is 5.13. The number of benzene rings is 1. The number of aromatic nitrogens is 1. The fourth-order valence-corrected chi connectivity index (χ4v) is 3.61. The molecule has 140 valence electrons. The summed E-state index contributed by atoms with van der Waals surface area (Å²) in [6.07, 6.45) is 2.58. The average molecular weight is 364 g/mol. The number of nitrogens with zero attached hydrogens (tertiary/aromatic N) is 1. The Morgan fingerprint density at radius 2 is 2.07 bits per heavy atom. The van der Waals surface area contributed by atoms with Crippen LogP contribution in [0.4, 0.5) is 5.69 Å². The van der Waals surface area contributed by atoms with E-state index in [2.05, 4.69) is 40.0 Å². The molecule has 1 saturated carbocycles. The molecule has 1 fully saturated rings. The van der Waals surface area contributed by atoms with Gasteiger partial charge in [0.25, 0.3) is 11.8 Å². The van der Waals surface area contributed by atoms with E-state index in [4.69, 9.17) is 0 Å². The lowest BCUT2D eigenvalue weighted by Gasteiger charge is -2.11. The normalized spacial score (nSPS) is 19.8. The second-order valence-electron chi connectivity index (χ2n) is 7.40. The zero-order valence-electron chi connectivity index (χ0n) is 15.6. The number of anilines is 1. The van der Waals surface area contributed by atoms with E-state index in [1.807, 2.05) is 6.07 Å². The third kappa shape index (κ3) is 3.65. The molecule has 0 unspecified atom stereocenters. The van der Waals surface area contributed by atoms with Crippen LogP contribution in [0.1, 0.15) is 51.0 Å². The van der Waals surface area contributed by atoms with Crippen LogP contribution in [0.5, 0.6) is 0 Å². The van der Waals surface area contributed by atoms with E-state index in [0.717, 1.165) is 30.8 Å². The molecule has 0 radical (unpaired) electrons. The van der Waals surface area contributed by atoms with Gasteiger partial charge in [0, 0.05) is 43.0 Å². The molecule has 27 heavy (non-hydrogen) atoms. The summed E-state index contributed by atoms with van der Waals surface area (Å²) in [5.74, 6) is 0.0943. The Hall–Kier alpha value is -2.89. The summed E-state index contributed by atoms with van der Waals surface area (Å²) in [6, 6.07) is 9.80. The number of hydrogen-bond acceptors (Lipinski definition) is 4. The number of hydrogen-bond donors (Lipinski definition) is 3. The fraction of sp³-hybridized carbons (Fsp3) is 0.381. The Bertz CT molecular complexity index is 909. The number of carbonyl (C=O) groups is 2. The van der Waals surface area contributed by atoms with E-state index in [-0.39, 0.29) is 23.6 Å². The minimum absolute atomic E-state index is 0.141. The number of rotatable bonds is 5. The highest BCUT2D eigenvalue weighted by atomic mass is 16.2. The molecule has 6 nitrogen and oxygen atoms in total. The maximum atomic E-state index is 12.6. The summed E-state index contributed by atoms with van der Waals surface area (Å²) < 4.78 is 0. The van der Waals surface area contributed by atoms with Crippen LogP contribution in [0.2, 0.25) is 0 Å². The minimum Gasteiger partial charge on any atom is -0.384 e. The first kappa shape index (κ1) is 17.5. The quantitative estimate of drug-likeness (QED) is 0.759. The third-order valence-electron chi connectivity index (χ3n) is 5.36. The van der Waals surface area contributed by atoms with Crippen LogP contribution in [0.3, 0.4) is 0 Å². The lowest BCUT2D eigenvalue weighted by atomic mass is 9.99. The van der Waals surface area contributed by atoms with Crippen molar-refractivity contribution in [3.05, 3.63) is 58.4 Å². The summed E-state index contributed by atoms with van der Waals surface area (Å²) in [4.78, 5) is 29.3. The van der Waals surface area contributed by atoms with E-state index in [0.29, 0.717) is 17.9 Å². The molecular formula is C21H24N4O2. The molecule has 3 N–H and O–H groups in total. The van der Waals surface area contributed by atoms with Gasteiger partial charge in [-0.1, -0.05) is 19.1 Å². The maximum Gasteiger partial charge on any atom is 0.269 e. The largest absolute Gasteiger partial charge is 0.384 e. The average Bonchev–Trinajstić information content (AvgIpc) is 3.16. The van der Waals surface area contributed by atoms with Crippen LogP contribution in [0, 0.1) is 5.92 Å². The van der Waals surface area contributed by atoms with Crippen molar-refractivity contribution in [1.82, 2.24) is 15.6 Å². The Kier molecular flexibility index (Phi) is 4.56. The highest BCUT2D eigenvalue weighted by Gasteiger charge is 2.34. The molecule has 1 aliphatic heterocycles. The molecule has 4 rings (SSSR count). The fourth-order valence-electron chi connectivity index (χ4n) is 3.61. The third-order valence-corrected chi connectivity index (χ3v) is 5.36. The predicted octanol–water partition coefficient (Wildman–Crippen LogP) is 2.14. The Balaban J connectivity index is 1.65. The van der Waals surface area contributed by atoms with Crippen molar-refractivity contribution in [3.8, 4) is 0 Å². The van der Waals surface area contributed by atoms with Gasteiger partial charge in [-0.05, 0) is 48.1 Å². The van der Waals surface area contributed by atoms with Crippen LogP contribution >= 0.6 is 0 Å². The van der Waals surface area contributed by atoms with E-state index in [1.165, 1.54) is 11.1 Å². The molecule has 2 atom stereocenters. The first-order chi connectivity index (χ1) is 13.0. The highest BCUT2D eigenvalue weighted by molar-refractivity contribution is 5.98. The monoisotopic (exact) mass is 364 g/mol. The Labute approximate surface area is 158 Å². The van der Waals surface area contributed by atoms with Crippen LogP contribution in [0.25, 0.3) is 0 Å². The van der Waals surface area contributed by atoms with Crippen molar-refractivity contribution in [2.45, 2.75) is 32.2 Å². The molecule has 2 aliphatic rings. The molecule has 2 aromatic rings. The SMILES string of the molecule is CNC(=O)c1cc(C(=O)N[C@H]2C[C@@H]2C)cc(Cc2cccc3c2CCN3)n1. The number of nitrogens with one attached hydrogen (secondary N) is 3. The van der Waals surface area contributed by atoms with Gasteiger partial charge in [0.2, 0.25) is 0 Å². The van der Waals surface area contributed by atoms with Gasteiger partial charge < -0.3 is 16.0 Å². The molecule has 0 bridgehead atoms. The Morgan fingerprint density at radius 1 is 1.26 bits per heavy atom. The van der Waals surface area contributed by atoms with E-state index < -0.39 is 0 Å². The van der Waals surface area contributed by atoms with Crippen LogP contribution in [-0.2, 0) is 12.8 Å². The van der Waals surface area contributed by atoms with Gasteiger partial charge in [-0.3, -0.25) is 9.59 Å². The summed E-state index contributed by atoms with van der Waals surface area (Å²) >= 11 is 0. The topological polar surface area (TPSA) is 83.1 Å². The van der Waals surface area contributed by atoms with Crippen LogP contribution in [-0.4, -0.2) is 36.4 Å². The first-order valence-electron chi connectivity index (χ1n) is 9.43. The van der Waals surface area contributed by atoms with Gasteiger partial charge in [0.15, 0.2) is 0 Å². The first-order valence-corrected chi connectivity index (χ1v) is 9.43. The number of amides is 2. The van der Waals surface area contributed by atoms with Crippen molar-refractivity contribution in [2.75, 3.05) is 18.9 Å². The standard InChI is InChI=1S/C21H24N4O2/c1-12-8-18(12)25-20(26)14-10-15(24-19(11-14)21(27)22-2)9-13-4-3-5-17-16(13)6-7-23-17/h3-5,10-12,18,23H,6-9H2,1-2H3,(H,22,27)(H,25,26)/t12-,18-/m0/s1. The number of pyridine rings is 1. The second-order valence-corrected chi connectivity index (χ2v) is 7.40. The van der Waals surface area contributed by atoms with Crippen LogP contribution in [0.15, 0.2) is 30.3 Å². The maximum absolute atomic E-state index is 12.6. The van der Waals surface area contributed by atoms with E-state index in [9.17, 15) is 9.59 Å². The second kappa shape index (κ2) is 7.02. The zero-order chi connectivity index (χ0) is 19.0. The minimum atomic E-state index is -0.286. The van der Waals surface area contributed by atoms with Gasteiger partial charge in [-0.15, -0.1) is 0 Å². The van der Waals surface area contributed by atoms with Gasteiger partial charge in [0.05, 0.1) is 0 Å². The van der Waals surface area contributed by atoms with Crippen LogP contribution < -0.4 is 16.0 Å². The van der Waals surface area contributed by atoms with Gasteiger partial charge in [0.1, 0.15) is 5.69 Å². The van der Waals surface area contributed by atoms with Gasteiger partial charge >= 0.3 is 0 Å². The number of carbonyl (C=O) groups excluding carboxylic acids is 2. The molecule has 6 heteroatoms. The molecule has 1 aliphatic carbocycles. The van der Waals surface area contributed by atoms with E-state index in [1.54, 1.807) is 19.2 Å². The van der Waals surface area contributed by atoms with E-state index >= 15 is 0 Å². The lowest BCUT2D eigenvalue weighted by molar-refractivity contribution is 0.0949. The zero-order valence-corrected chi connectivity index (χ0v) is 15.6. The molecule has 0 spiro atoms. The molecular weight excluding hydrogens is 340 g/mol. The molecule has 2 heterocycles. The van der Waals surface area contributed by atoms with Crippen molar-refractivity contribution in [3.63, 3.8) is 0 Å². The van der Waals surface area contributed by atoms with Gasteiger partial charge in [-0.25, -0.2) is 4.98 Å². The highest BCUT2D eigenvalue weighted by Crippen LogP contribution is 2.30.